The van der Waals surface area contributed by atoms with Gasteiger partial charge in [-0.1, -0.05) is 0 Å². The van der Waals surface area contributed by atoms with Gasteiger partial charge >= 0.3 is 0 Å². The van der Waals surface area contributed by atoms with Crippen molar-refractivity contribution in [1.82, 2.24) is 9.97 Å². The first-order valence-electron chi connectivity index (χ1n) is 3.78. The van der Waals surface area contributed by atoms with E-state index < -0.39 is 0 Å². The van der Waals surface area contributed by atoms with Crippen LogP contribution in [0.3, 0.4) is 0 Å². The number of nitrogens with zero attached hydrogens (tertiary/aromatic N) is 2. The maximum absolute atomic E-state index is 9.42. The fraction of sp³-hybridized carbons (Fsp3) is 0.500. The Morgan fingerprint density at radius 2 is 2.45 bits per heavy atom. The van der Waals surface area contributed by atoms with Crippen LogP contribution in [-0.4, -0.2) is 15.1 Å². The first-order valence-corrected chi connectivity index (χ1v) is 3.78. The fourth-order valence-electron chi connectivity index (χ4n) is 1.42. The molecule has 0 saturated carbocycles. The van der Waals surface area contributed by atoms with Gasteiger partial charge in [0.2, 0.25) is 0 Å². The van der Waals surface area contributed by atoms with E-state index in [9.17, 15) is 5.11 Å². The minimum absolute atomic E-state index is 0.355. The molecule has 1 atom stereocenters. The predicted molar refractivity (Wildman–Crippen MR) is 40.0 cm³/mol. The van der Waals surface area contributed by atoms with Crippen molar-refractivity contribution in [2.75, 3.05) is 0 Å². The van der Waals surface area contributed by atoms with E-state index in [1.54, 1.807) is 0 Å². The highest BCUT2D eigenvalue weighted by atomic mass is 16.3. The van der Waals surface area contributed by atoms with E-state index >= 15 is 0 Å². The molecule has 11 heavy (non-hydrogen) atoms. The van der Waals surface area contributed by atoms with Crippen molar-refractivity contribution in [2.45, 2.75) is 25.9 Å². The Bertz CT molecular complexity index is 285. The van der Waals surface area contributed by atoms with Crippen molar-refractivity contribution in [3.63, 3.8) is 0 Å². The summed E-state index contributed by atoms with van der Waals surface area (Å²) in [7, 11) is 0. The third-order valence-corrected chi connectivity index (χ3v) is 2.02. The van der Waals surface area contributed by atoms with Crippen molar-refractivity contribution in [2.24, 2.45) is 0 Å². The van der Waals surface area contributed by atoms with Gasteiger partial charge in [-0.3, -0.25) is 0 Å². The minimum atomic E-state index is -0.355. The highest BCUT2D eigenvalue weighted by Crippen LogP contribution is 2.27. The van der Waals surface area contributed by atoms with Crippen LogP contribution >= 0.6 is 0 Å². The van der Waals surface area contributed by atoms with Gasteiger partial charge in [0.25, 0.3) is 0 Å². The largest absolute Gasteiger partial charge is 0.387 e. The number of fused-ring (bicyclic) bond motifs is 1. The quantitative estimate of drug-likeness (QED) is 0.594. The predicted octanol–water partition coefficient (Wildman–Crippen LogP) is 0.765. The van der Waals surface area contributed by atoms with E-state index in [1.807, 2.05) is 13.1 Å². The highest BCUT2D eigenvalue weighted by Gasteiger charge is 2.21. The van der Waals surface area contributed by atoms with E-state index in [1.165, 1.54) is 0 Å². The summed E-state index contributed by atoms with van der Waals surface area (Å²) in [5.41, 5.74) is 1.93. The zero-order chi connectivity index (χ0) is 7.84. The maximum atomic E-state index is 9.42. The Kier molecular flexibility index (Phi) is 1.39. The van der Waals surface area contributed by atoms with Crippen molar-refractivity contribution in [1.29, 1.82) is 0 Å². The zero-order valence-electron chi connectivity index (χ0n) is 6.41. The average molecular weight is 150 g/mol. The number of aryl methyl sites for hydroxylation is 2. The number of aliphatic hydroxyl groups excluding tert-OH is 1. The summed E-state index contributed by atoms with van der Waals surface area (Å²) in [5, 5.41) is 9.42. The van der Waals surface area contributed by atoms with Crippen LogP contribution in [0.25, 0.3) is 0 Å². The van der Waals surface area contributed by atoms with Gasteiger partial charge < -0.3 is 5.11 Å². The second kappa shape index (κ2) is 2.27. The molecule has 0 aromatic carbocycles. The fourth-order valence-corrected chi connectivity index (χ4v) is 1.42. The smallest absolute Gasteiger partial charge is 0.125 e. The molecule has 0 bridgehead atoms. The van der Waals surface area contributed by atoms with Gasteiger partial charge in [0.15, 0.2) is 0 Å². The molecule has 0 radical (unpaired) electrons. The third-order valence-electron chi connectivity index (χ3n) is 2.02. The lowest BCUT2D eigenvalue weighted by molar-refractivity contribution is 0.175. The number of rotatable bonds is 0. The average Bonchev–Trinajstić information content (AvgIpc) is 2.33. The summed E-state index contributed by atoms with van der Waals surface area (Å²) in [5.74, 6) is 0.740. The summed E-state index contributed by atoms with van der Waals surface area (Å²) in [6, 6.07) is 0. The molecular formula is C8H10N2O. The Hall–Kier alpha value is -0.960. The molecule has 58 valence electrons. The number of aromatic nitrogens is 2. The summed E-state index contributed by atoms with van der Waals surface area (Å²) < 4.78 is 0. The van der Waals surface area contributed by atoms with E-state index in [4.69, 9.17) is 0 Å². The SMILES string of the molecule is Cc1ncc2c(n1)C(O)CC2. The van der Waals surface area contributed by atoms with Crippen LogP contribution in [0.5, 0.6) is 0 Å². The molecule has 1 aromatic heterocycles. The van der Waals surface area contributed by atoms with E-state index in [-0.39, 0.29) is 6.10 Å². The molecule has 0 amide bonds. The van der Waals surface area contributed by atoms with Gasteiger partial charge in [-0.15, -0.1) is 0 Å². The monoisotopic (exact) mass is 150 g/mol. The van der Waals surface area contributed by atoms with Crippen molar-refractivity contribution >= 4 is 0 Å². The van der Waals surface area contributed by atoms with Crippen LogP contribution in [-0.2, 0) is 6.42 Å². The van der Waals surface area contributed by atoms with E-state index in [0.717, 1.165) is 29.9 Å². The lowest BCUT2D eigenvalue weighted by Gasteiger charge is -2.01. The maximum Gasteiger partial charge on any atom is 0.125 e. The lowest BCUT2D eigenvalue weighted by atomic mass is 10.3. The minimum Gasteiger partial charge on any atom is -0.387 e. The molecule has 3 heteroatoms. The molecular weight excluding hydrogens is 140 g/mol. The zero-order valence-corrected chi connectivity index (χ0v) is 6.41. The van der Waals surface area contributed by atoms with Crippen LogP contribution < -0.4 is 0 Å². The number of hydrogen-bond acceptors (Lipinski definition) is 3. The van der Waals surface area contributed by atoms with Gasteiger partial charge in [-0.05, 0) is 25.3 Å². The van der Waals surface area contributed by atoms with Gasteiger partial charge in [-0.25, -0.2) is 9.97 Å². The summed E-state index contributed by atoms with van der Waals surface area (Å²) in [6.07, 6.45) is 3.17. The molecule has 1 N–H and O–H groups in total. The second-order valence-electron chi connectivity index (χ2n) is 2.88. The molecule has 0 spiro atoms. The van der Waals surface area contributed by atoms with Crippen LogP contribution in [0.4, 0.5) is 0 Å². The first-order chi connectivity index (χ1) is 5.27. The number of aliphatic hydroxyl groups is 1. The van der Waals surface area contributed by atoms with E-state index in [0.29, 0.717) is 0 Å². The molecule has 0 aliphatic heterocycles. The Balaban J connectivity index is 2.52. The molecule has 1 aliphatic rings. The molecule has 1 heterocycles. The molecule has 1 aromatic rings. The molecule has 0 fully saturated rings. The van der Waals surface area contributed by atoms with Crippen molar-refractivity contribution in [3.05, 3.63) is 23.3 Å². The standard InChI is InChI=1S/C8H10N2O/c1-5-9-4-6-2-3-7(11)8(6)10-5/h4,7,11H,2-3H2,1H3. The molecule has 2 rings (SSSR count). The van der Waals surface area contributed by atoms with Crippen molar-refractivity contribution < 1.29 is 5.11 Å². The Labute approximate surface area is 65.1 Å². The Morgan fingerprint density at radius 3 is 3.27 bits per heavy atom. The molecule has 1 unspecified atom stereocenters. The summed E-state index contributed by atoms with van der Waals surface area (Å²) >= 11 is 0. The van der Waals surface area contributed by atoms with Crippen LogP contribution in [0.1, 0.15) is 29.6 Å². The first kappa shape index (κ1) is 6.73. The normalized spacial score (nSPS) is 21.8. The molecule has 3 nitrogen and oxygen atoms in total. The lowest BCUT2D eigenvalue weighted by Crippen LogP contribution is -1.98. The molecule has 0 saturated heterocycles. The van der Waals surface area contributed by atoms with Gasteiger partial charge in [-0.2, -0.15) is 0 Å². The van der Waals surface area contributed by atoms with Gasteiger partial charge in [0.05, 0.1) is 11.8 Å². The molecule has 1 aliphatic carbocycles. The van der Waals surface area contributed by atoms with Gasteiger partial charge in [0, 0.05) is 6.20 Å². The van der Waals surface area contributed by atoms with Crippen molar-refractivity contribution in [3.8, 4) is 0 Å². The summed E-state index contributed by atoms with van der Waals surface area (Å²) in [6.45, 7) is 1.84. The van der Waals surface area contributed by atoms with Gasteiger partial charge in [0.1, 0.15) is 5.82 Å². The Morgan fingerprint density at radius 1 is 1.64 bits per heavy atom. The van der Waals surface area contributed by atoms with Crippen LogP contribution in [0, 0.1) is 6.92 Å². The van der Waals surface area contributed by atoms with E-state index in [2.05, 4.69) is 9.97 Å². The second-order valence-corrected chi connectivity index (χ2v) is 2.88. The summed E-state index contributed by atoms with van der Waals surface area (Å²) in [4.78, 5) is 8.24. The van der Waals surface area contributed by atoms with Crippen LogP contribution in [0.2, 0.25) is 0 Å². The third kappa shape index (κ3) is 1.01. The highest BCUT2D eigenvalue weighted by molar-refractivity contribution is 5.24. The topological polar surface area (TPSA) is 46.0 Å². The number of hydrogen-bond donors (Lipinski definition) is 1. The van der Waals surface area contributed by atoms with Crippen LogP contribution in [0.15, 0.2) is 6.20 Å².